The summed E-state index contributed by atoms with van der Waals surface area (Å²) in [7, 11) is 0. The van der Waals surface area contributed by atoms with Crippen molar-refractivity contribution < 1.29 is 27.5 Å². The van der Waals surface area contributed by atoms with E-state index in [1.807, 2.05) is 0 Å². The van der Waals surface area contributed by atoms with Crippen molar-refractivity contribution in [1.29, 1.82) is 0 Å². The topological polar surface area (TPSA) is 43.4 Å². The Morgan fingerprint density at radius 2 is 1.79 bits per heavy atom. The third kappa shape index (κ3) is 4.24. The molecule has 1 aromatic rings. The van der Waals surface area contributed by atoms with E-state index >= 15 is 0 Å². The third-order valence-corrected chi connectivity index (χ3v) is 2.13. The molecule has 0 fully saturated rings. The van der Waals surface area contributed by atoms with Gasteiger partial charge >= 0.3 is 12.1 Å². The molecular formula is C13H11F3O3. The van der Waals surface area contributed by atoms with Crippen LogP contribution in [-0.2, 0) is 9.53 Å². The normalized spacial score (nSPS) is 12.1. The van der Waals surface area contributed by atoms with Crippen LogP contribution in [0, 0.1) is 0 Å². The summed E-state index contributed by atoms with van der Waals surface area (Å²) in [6.45, 7) is 1.18. The summed E-state index contributed by atoms with van der Waals surface area (Å²) < 4.78 is 42.2. The predicted octanol–water partition coefficient (Wildman–Crippen LogP) is 2.92. The first-order valence-electron chi connectivity index (χ1n) is 5.41. The molecule has 0 saturated heterocycles. The number of alkyl halides is 3. The lowest BCUT2D eigenvalue weighted by Crippen LogP contribution is -2.23. The molecule has 0 N–H and O–H groups in total. The van der Waals surface area contributed by atoms with Gasteiger partial charge < -0.3 is 4.74 Å². The maximum Gasteiger partial charge on any atom is 0.423 e. The Balaban J connectivity index is 3.08. The first-order chi connectivity index (χ1) is 8.86. The molecule has 1 aromatic carbocycles. The molecule has 19 heavy (non-hydrogen) atoms. The van der Waals surface area contributed by atoms with E-state index in [2.05, 4.69) is 4.74 Å². The molecule has 0 aliphatic rings. The van der Waals surface area contributed by atoms with Gasteiger partial charge in [0.05, 0.1) is 6.61 Å². The molecule has 0 amide bonds. The van der Waals surface area contributed by atoms with Crippen LogP contribution in [0.4, 0.5) is 13.2 Å². The number of esters is 1. The molecule has 0 atom stereocenters. The molecule has 1 rings (SSSR count). The molecule has 0 heterocycles. The van der Waals surface area contributed by atoms with E-state index < -0.39 is 23.5 Å². The second kappa shape index (κ2) is 6.17. The summed E-state index contributed by atoms with van der Waals surface area (Å²) in [5, 5.41) is 0. The van der Waals surface area contributed by atoms with Crippen molar-refractivity contribution in [2.75, 3.05) is 6.61 Å². The molecular weight excluding hydrogens is 261 g/mol. The maximum absolute atomic E-state index is 12.6. The van der Waals surface area contributed by atoms with Crippen LogP contribution in [0.15, 0.2) is 42.0 Å². The quantitative estimate of drug-likeness (QED) is 0.481. The van der Waals surface area contributed by atoms with Gasteiger partial charge in [0.2, 0.25) is 0 Å². The lowest BCUT2D eigenvalue weighted by atomic mass is 10.1. The van der Waals surface area contributed by atoms with Crippen molar-refractivity contribution in [2.24, 2.45) is 0 Å². The smallest absolute Gasteiger partial charge is 0.423 e. The summed E-state index contributed by atoms with van der Waals surface area (Å²) >= 11 is 0. The van der Waals surface area contributed by atoms with E-state index in [0.717, 1.165) is 0 Å². The first kappa shape index (κ1) is 14.9. The number of halogens is 3. The highest BCUT2D eigenvalue weighted by Gasteiger charge is 2.40. The molecule has 0 bridgehead atoms. The van der Waals surface area contributed by atoms with Gasteiger partial charge in [-0.05, 0) is 6.92 Å². The number of carbonyl (C=O) groups excluding carboxylic acids is 2. The molecule has 0 aliphatic carbocycles. The molecule has 0 aromatic heterocycles. The number of carbonyl (C=O) groups is 2. The zero-order chi connectivity index (χ0) is 14.5. The van der Waals surface area contributed by atoms with Gasteiger partial charge in [0.15, 0.2) is 5.78 Å². The number of hydrogen-bond donors (Lipinski definition) is 0. The third-order valence-electron chi connectivity index (χ3n) is 2.13. The second-order valence-corrected chi connectivity index (χ2v) is 3.51. The van der Waals surface area contributed by atoms with E-state index in [1.54, 1.807) is 6.07 Å². The highest BCUT2D eigenvalue weighted by atomic mass is 19.4. The Morgan fingerprint density at radius 3 is 2.26 bits per heavy atom. The van der Waals surface area contributed by atoms with Gasteiger partial charge in [-0.15, -0.1) is 0 Å². The molecule has 0 spiro atoms. The number of allylic oxidation sites excluding steroid dienone is 1. The van der Waals surface area contributed by atoms with Gasteiger partial charge in [0.25, 0.3) is 0 Å². The Bertz CT molecular complexity index is 490. The summed E-state index contributed by atoms with van der Waals surface area (Å²) in [5.74, 6) is -2.46. The van der Waals surface area contributed by atoms with Crippen LogP contribution in [0.3, 0.4) is 0 Å². The summed E-state index contributed by atoms with van der Waals surface area (Å²) in [5.41, 5.74) is -1.54. The monoisotopic (exact) mass is 272 g/mol. The minimum atomic E-state index is -4.93. The molecule has 102 valence electrons. The molecule has 6 heteroatoms. The number of hydrogen-bond acceptors (Lipinski definition) is 3. The van der Waals surface area contributed by atoms with Crippen LogP contribution in [0.25, 0.3) is 0 Å². The van der Waals surface area contributed by atoms with Gasteiger partial charge in [-0.1, -0.05) is 30.3 Å². The van der Waals surface area contributed by atoms with Gasteiger partial charge in [0.1, 0.15) is 5.57 Å². The second-order valence-electron chi connectivity index (χ2n) is 3.51. The first-order valence-corrected chi connectivity index (χ1v) is 5.41. The summed E-state index contributed by atoms with van der Waals surface area (Å²) in [6, 6.07) is 7.36. The Hall–Kier alpha value is -2.11. The highest BCUT2D eigenvalue weighted by molar-refractivity contribution is 6.09. The number of benzene rings is 1. The average molecular weight is 272 g/mol. The van der Waals surface area contributed by atoms with Crippen LogP contribution in [0.2, 0.25) is 0 Å². The lowest BCUT2D eigenvalue weighted by molar-refractivity contribution is -0.150. The standard InChI is InChI=1S/C13H11F3O3/c1-2-19-12(18)10(13(14,15)16)8-11(17)9-6-4-3-5-7-9/h3-8H,2H2,1H3. The minimum absolute atomic E-state index is 0.0635. The van der Waals surface area contributed by atoms with Gasteiger partial charge in [-0.2, -0.15) is 13.2 Å². The van der Waals surface area contributed by atoms with E-state index in [-0.39, 0.29) is 18.2 Å². The highest BCUT2D eigenvalue weighted by Crippen LogP contribution is 2.27. The minimum Gasteiger partial charge on any atom is -0.462 e. The van der Waals surface area contributed by atoms with Crippen LogP contribution < -0.4 is 0 Å². The summed E-state index contributed by atoms with van der Waals surface area (Å²) in [6.07, 6.45) is -4.68. The molecule has 0 unspecified atom stereocenters. The van der Waals surface area contributed by atoms with Crippen molar-refractivity contribution in [3.8, 4) is 0 Å². The van der Waals surface area contributed by atoms with E-state index in [0.29, 0.717) is 0 Å². The zero-order valence-electron chi connectivity index (χ0n) is 10.0. The molecule has 0 saturated carbocycles. The SMILES string of the molecule is CCOC(=O)C(=CC(=O)c1ccccc1)C(F)(F)F. The van der Waals surface area contributed by atoms with Gasteiger partial charge in [0, 0.05) is 11.6 Å². The van der Waals surface area contributed by atoms with Crippen LogP contribution in [-0.4, -0.2) is 24.5 Å². The Kier molecular flexibility index (Phi) is 4.86. The van der Waals surface area contributed by atoms with Gasteiger partial charge in [-0.3, -0.25) is 4.79 Å². The van der Waals surface area contributed by atoms with Crippen molar-refractivity contribution in [3.05, 3.63) is 47.5 Å². The van der Waals surface area contributed by atoms with E-state index in [9.17, 15) is 22.8 Å². The molecule has 0 aliphatic heterocycles. The largest absolute Gasteiger partial charge is 0.462 e. The van der Waals surface area contributed by atoms with Crippen molar-refractivity contribution >= 4 is 11.8 Å². The maximum atomic E-state index is 12.6. The van der Waals surface area contributed by atoms with Crippen molar-refractivity contribution in [1.82, 2.24) is 0 Å². The average Bonchev–Trinajstić information content (AvgIpc) is 2.35. The Morgan fingerprint density at radius 1 is 1.21 bits per heavy atom. The molecule has 3 nitrogen and oxygen atoms in total. The zero-order valence-corrected chi connectivity index (χ0v) is 10.0. The fraction of sp³-hybridized carbons (Fsp3) is 0.231. The van der Waals surface area contributed by atoms with Gasteiger partial charge in [-0.25, -0.2) is 4.79 Å². The van der Waals surface area contributed by atoms with Crippen molar-refractivity contribution in [2.45, 2.75) is 13.1 Å². The number of ketones is 1. The van der Waals surface area contributed by atoms with Crippen LogP contribution in [0.1, 0.15) is 17.3 Å². The fourth-order valence-corrected chi connectivity index (χ4v) is 1.28. The van der Waals surface area contributed by atoms with Crippen LogP contribution >= 0.6 is 0 Å². The Labute approximate surface area is 107 Å². The number of ether oxygens (including phenoxy) is 1. The van der Waals surface area contributed by atoms with Crippen molar-refractivity contribution in [3.63, 3.8) is 0 Å². The van der Waals surface area contributed by atoms with Crippen LogP contribution in [0.5, 0.6) is 0 Å². The summed E-state index contributed by atoms with van der Waals surface area (Å²) in [4.78, 5) is 22.8. The van der Waals surface area contributed by atoms with E-state index in [4.69, 9.17) is 0 Å². The van der Waals surface area contributed by atoms with E-state index in [1.165, 1.54) is 31.2 Å². The predicted molar refractivity (Wildman–Crippen MR) is 61.5 cm³/mol. The molecule has 0 radical (unpaired) electrons. The number of rotatable bonds is 4. The lowest BCUT2D eigenvalue weighted by Gasteiger charge is -2.10. The fourth-order valence-electron chi connectivity index (χ4n) is 1.28.